The number of nitrogen functional groups attached to an aromatic ring is 1. The number of pyridine rings is 1. The van der Waals surface area contributed by atoms with Crippen LogP contribution in [0.5, 0.6) is 0 Å². The highest BCUT2D eigenvalue weighted by Crippen LogP contribution is 2.20. The van der Waals surface area contributed by atoms with Gasteiger partial charge < -0.3 is 16.0 Å². The summed E-state index contributed by atoms with van der Waals surface area (Å²) in [6, 6.07) is 14.5. The molecule has 2 aromatic heterocycles. The predicted octanol–water partition coefficient (Wildman–Crippen LogP) is 2.01. The zero-order chi connectivity index (χ0) is 19.1. The fourth-order valence-electron chi connectivity index (χ4n) is 2.39. The number of hydrogen-bond donors (Lipinski definition) is 3. The molecule has 0 aliphatic heterocycles. The first-order valence-corrected chi connectivity index (χ1v) is 9.35. The van der Waals surface area contributed by atoms with Crippen LogP contribution < -0.4 is 16.6 Å². The van der Waals surface area contributed by atoms with E-state index in [1.165, 1.54) is 6.07 Å². The average Bonchev–Trinajstić information content (AvgIpc) is 2.67. The first-order valence-electron chi connectivity index (χ1n) is 8.37. The largest absolute Gasteiger partial charge is 0.383 e. The van der Waals surface area contributed by atoms with Gasteiger partial charge in [0, 0.05) is 36.5 Å². The third-order valence-corrected chi connectivity index (χ3v) is 4.71. The summed E-state index contributed by atoms with van der Waals surface area (Å²) in [5.41, 5.74) is 6.92. The minimum absolute atomic E-state index is 0.166. The number of H-pyrrole nitrogens is 1. The van der Waals surface area contributed by atoms with Crippen molar-refractivity contribution in [3.8, 4) is 0 Å². The summed E-state index contributed by atoms with van der Waals surface area (Å²) in [4.78, 5) is 34.4. The van der Waals surface area contributed by atoms with Gasteiger partial charge in [-0.15, -0.1) is 11.8 Å². The Kier molecular flexibility index (Phi) is 6.22. The Morgan fingerprint density at radius 3 is 2.70 bits per heavy atom. The van der Waals surface area contributed by atoms with E-state index in [4.69, 9.17) is 5.73 Å². The molecule has 0 fully saturated rings. The van der Waals surface area contributed by atoms with Crippen LogP contribution in [0, 0.1) is 0 Å². The summed E-state index contributed by atoms with van der Waals surface area (Å²) in [5.74, 6) is 1.22. The number of amides is 1. The van der Waals surface area contributed by atoms with Crippen LogP contribution in [0.25, 0.3) is 0 Å². The smallest absolute Gasteiger partial charge is 0.252 e. The third-order valence-electron chi connectivity index (χ3n) is 3.70. The van der Waals surface area contributed by atoms with Crippen molar-refractivity contribution in [3.05, 3.63) is 82.0 Å². The highest BCUT2D eigenvalue weighted by molar-refractivity contribution is 7.98. The maximum absolute atomic E-state index is 12.2. The summed E-state index contributed by atoms with van der Waals surface area (Å²) in [5, 5.41) is 3.77. The van der Waals surface area contributed by atoms with E-state index in [1.807, 2.05) is 30.3 Å². The lowest BCUT2D eigenvalue weighted by Gasteiger charge is -2.06. The molecule has 0 radical (unpaired) electrons. The maximum atomic E-state index is 12.2. The average molecular weight is 381 g/mol. The van der Waals surface area contributed by atoms with E-state index in [1.54, 1.807) is 30.1 Å². The second-order valence-electron chi connectivity index (χ2n) is 5.78. The molecule has 3 aromatic rings. The van der Waals surface area contributed by atoms with Crippen LogP contribution in [0.15, 0.2) is 64.5 Å². The van der Waals surface area contributed by atoms with Gasteiger partial charge in [-0.2, -0.15) is 0 Å². The van der Waals surface area contributed by atoms with Crippen LogP contribution in [0.1, 0.15) is 21.7 Å². The van der Waals surface area contributed by atoms with Crippen molar-refractivity contribution in [2.24, 2.45) is 0 Å². The predicted molar refractivity (Wildman–Crippen MR) is 106 cm³/mol. The summed E-state index contributed by atoms with van der Waals surface area (Å²) >= 11 is 1.64. The number of nitrogens with two attached hydrogens (primary N) is 1. The molecule has 8 heteroatoms. The summed E-state index contributed by atoms with van der Waals surface area (Å²) < 4.78 is 0. The number of thioether (sulfide) groups is 1. The molecule has 138 valence electrons. The molecule has 3 rings (SSSR count). The topological polar surface area (TPSA) is 114 Å². The van der Waals surface area contributed by atoms with E-state index < -0.39 is 0 Å². The second kappa shape index (κ2) is 9.00. The van der Waals surface area contributed by atoms with Crippen molar-refractivity contribution < 1.29 is 4.79 Å². The monoisotopic (exact) mass is 381 g/mol. The Balaban J connectivity index is 1.49. The Morgan fingerprint density at radius 1 is 1.19 bits per heavy atom. The highest BCUT2D eigenvalue weighted by Gasteiger charge is 2.06. The minimum Gasteiger partial charge on any atom is -0.383 e. The molecule has 0 aliphatic carbocycles. The lowest BCUT2D eigenvalue weighted by molar-refractivity contribution is 0.0954. The molecule has 1 aromatic carbocycles. The maximum Gasteiger partial charge on any atom is 0.252 e. The normalized spacial score (nSPS) is 10.5. The SMILES string of the molecule is Nc1cc(=O)[nH]c(CCNC(=O)c2ccc(CSc3ccccn3)cc2)n1. The molecule has 7 nitrogen and oxygen atoms in total. The number of benzene rings is 1. The van der Waals surface area contributed by atoms with Crippen LogP contribution >= 0.6 is 11.8 Å². The van der Waals surface area contributed by atoms with Crippen molar-refractivity contribution in [2.45, 2.75) is 17.2 Å². The van der Waals surface area contributed by atoms with Crippen molar-refractivity contribution in [3.63, 3.8) is 0 Å². The number of aromatic amines is 1. The standard InChI is InChI=1S/C19H19N5O2S/c20-15-11-17(25)24-16(23-15)8-10-22-19(26)14-6-4-13(5-7-14)12-27-18-3-1-2-9-21-18/h1-7,9,11H,8,10,12H2,(H,22,26)(H3,20,23,24,25). The Hall–Kier alpha value is -3.13. The lowest BCUT2D eigenvalue weighted by atomic mass is 10.1. The summed E-state index contributed by atoms with van der Waals surface area (Å²) in [6.45, 7) is 0.350. The van der Waals surface area contributed by atoms with Gasteiger partial charge in [-0.3, -0.25) is 9.59 Å². The van der Waals surface area contributed by atoms with Crippen molar-refractivity contribution in [2.75, 3.05) is 12.3 Å². The van der Waals surface area contributed by atoms with Crippen LogP contribution in [0.2, 0.25) is 0 Å². The van der Waals surface area contributed by atoms with Gasteiger partial charge in [0.25, 0.3) is 11.5 Å². The zero-order valence-corrected chi connectivity index (χ0v) is 15.3. The molecule has 4 N–H and O–H groups in total. The number of rotatable bonds is 7. The number of anilines is 1. The first kappa shape index (κ1) is 18.7. The molecule has 0 unspecified atom stereocenters. The fourth-order valence-corrected chi connectivity index (χ4v) is 3.20. The van der Waals surface area contributed by atoms with Crippen molar-refractivity contribution >= 4 is 23.5 Å². The van der Waals surface area contributed by atoms with E-state index in [9.17, 15) is 9.59 Å². The van der Waals surface area contributed by atoms with Crippen LogP contribution in [-0.4, -0.2) is 27.4 Å². The van der Waals surface area contributed by atoms with Crippen molar-refractivity contribution in [1.82, 2.24) is 20.3 Å². The Morgan fingerprint density at radius 2 is 2.00 bits per heavy atom. The van der Waals surface area contributed by atoms with Crippen LogP contribution in [-0.2, 0) is 12.2 Å². The summed E-state index contributed by atoms with van der Waals surface area (Å²) in [6.07, 6.45) is 2.16. The molecule has 0 saturated carbocycles. The van der Waals surface area contributed by atoms with Gasteiger partial charge in [-0.25, -0.2) is 9.97 Å². The van der Waals surface area contributed by atoms with E-state index in [-0.39, 0.29) is 17.3 Å². The molecular formula is C19H19N5O2S. The highest BCUT2D eigenvalue weighted by atomic mass is 32.2. The Labute approximate surface area is 160 Å². The van der Waals surface area contributed by atoms with Gasteiger partial charge in [-0.1, -0.05) is 18.2 Å². The van der Waals surface area contributed by atoms with Gasteiger partial charge in [0.15, 0.2) is 0 Å². The number of nitrogens with zero attached hydrogens (tertiary/aromatic N) is 2. The molecular weight excluding hydrogens is 362 g/mol. The Bertz CT molecular complexity index is 958. The summed E-state index contributed by atoms with van der Waals surface area (Å²) in [7, 11) is 0. The van der Waals surface area contributed by atoms with E-state index in [2.05, 4.69) is 20.3 Å². The molecule has 27 heavy (non-hydrogen) atoms. The van der Waals surface area contributed by atoms with Gasteiger partial charge in [-0.05, 0) is 29.8 Å². The number of carbonyl (C=O) groups excluding carboxylic acids is 1. The molecule has 0 spiro atoms. The lowest BCUT2D eigenvalue weighted by Crippen LogP contribution is -2.27. The van der Waals surface area contributed by atoms with E-state index >= 15 is 0 Å². The molecule has 0 atom stereocenters. The number of nitrogens with one attached hydrogen (secondary N) is 2. The minimum atomic E-state index is -0.303. The van der Waals surface area contributed by atoms with Gasteiger partial charge in [0.2, 0.25) is 0 Å². The quantitative estimate of drug-likeness (QED) is 0.540. The van der Waals surface area contributed by atoms with Gasteiger partial charge in [0.1, 0.15) is 11.6 Å². The molecule has 0 bridgehead atoms. The molecule has 2 heterocycles. The molecule has 0 aliphatic rings. The van der Waals surface area contributed by atoms with E-state index in [0.717, 1.165) is 16.3 Å². The third kappa shape index (κ3) is 5.68. The number of aromatic nitrogens is 3. The van der Waals surface area contributed by atoms with Crippen LogP contribution in [0.3, 0.4) is 0 Å². The van der Waals surface area contributed by atoms with Gasteiger partial charge >= 0.3 is 0 Å². The number of hydrogen-bond acceptors (Lipinski definition) is 6. The van der Waals surface area contributed by atoms with Crippen molar-refractivity contribution in [1.29, 1.82) is 0 Å². The first-order chi connectivity index (χ1) is 13.1. The number of carbonyl (C=O) groups is 1. The zero-order valence-electron chi connectivity index (χ0n) is 14.5. The second-order valence-corrected chi connectivity index (χ2v) is 6.77. The van der Waals surface area contributed by atoms with E-state index in [0.29, 0.717) is 24.4 Å². The molecule has 0 saturated heterocycles. The fraction of sp³-hybridized carbons (Fsp3) is 0.158. The van der Waals surface area contributed by atoms with Crippen LogP contribution in [0.4, 0.5) is 5.82 Å². The molecule has 1 amide bonds. The van der Waals surface area contributed by atoms with Gasteiger partial charge in [0.05, 0.1) is 5.03 Å².